The summed E-state index contributed by atoms with van der Waals surface area (Å²) < 4.78 is 19.4. The number of rotatable bonds is 7. The molecule has 4 nitrogen and oxygen atoms in total. The predicted molar refractivity (Wildman–Crippen MR) is 109 cm³/mol. The second kappa shape index (κ2) is 8.30. The Labute approximate surface area is 163 Å². The third kappa shape index (κ3) is 4.09. The van der Waals surface area contributed by atoms with Crippen LogP contribution in [0.3, 0.4) is 0 Å². The van der Waals surface area contributed by atoms with Gasteiger partial charge in [0.2, 0.25) is 0 Å². The van der Waals surface area contributed by atoms with Crippen LogP contribution in [-0.4, -0.2) is 23.2 Å². The maximum Gasteiger partial charge on any atom is 0.157 e. The average molecular weight is 375 g/mol. The first kappa shape index (κ1) is 18.3. The third-order valence-corrected chi connectivity index (χ3v) is 4.81. The molecule has 28 heavy (non-hydrogen) atoms. The van der Waals surface area contributed by atoms with Crippen LogP contribution in [-0.2, 0) is 12.8 Å². The van der Waals surface area contributed by atoms with Crippen molar-refractivity contribution in [2.45, 2.75) is 38.6 Å². The van der Waals surface area contributed by atoms with Crippen LogP contribution >= 0.6 is 0 Å². The van der Waals surface area contributed by atoms with Crippen LogP contribution in [0.5, 0.6) is 0 Å². The lowest BCUT2D eigenvalue weighted by Crippen LogP contribution is -2.07. The van der Waals surface area contributed by atoms with Gasteiger partial charge in [0.1, 0.15) is 17.3 Å². The van der Waals surface area contributed by atoms with E-state index in [-0.39, 0.29) is 11.9 Å². The minimum atomic E-state index is -0.316. The molecular weight excluding hydrogens is 353 g/mol. The smallest absolute Gasteiger partial charge is 0.157 e. The van der Waals surface area contributed by atoms with E-state index in [0.29, 0.717) is 17.8 Å². The number of aromatic nitrogens is 1. The Morgan fingerprint density at radius 1 is 1.07 bits per heavy atom. The Morgan fingerprint density at radius 2 is 1.89 bits per heavy atom. The zero-order chi connectivity index (χ0) is 19.3. The molecule has 0 amide bonds. The summed E-state index contributed by atoms with van der Waals surface area (Å²) in [5.41, 5.74) is 3.60. The van der Waals surface area contributed by atoms with Crippen molar-refractivity contribution in [2.24, 2.45) is 9.98 Å². The Balaban J connectivity index is 1.43. The van der Waals surface area contributed by atoms with Crippen LogP contribution in [0, 0.1) is 5.82 Å². The molecule has 1 unspecified atom stereocenters. The van der Waals surface area contributed by atoms with Crippen molar-refractivity contribution in [3.63, 3.8) is 0 Å². The minimum Gasteiger partial charge on any atom is -0.361 e. The summed E-state index contributed by atoms with van der Waals surface area (Å²) in [5.74, 6) is 0.842. The van der Waals surface area contributed by atoms with Crippen LogP contribution in [0.25, 0.3) is 11.3 Å². The highest BCUT2D eigenvalue weighted by Gasteiger charge is 2.19. The molecule has 2 aromatic carbocycles. The fourth-order valence-corrected chi connectivity index (χ4v) is 3.23. The summed E-state index contributed by atoms with van der Waals surface area (Å²) in [6.07, 6.45) is 5.77. The molecule has 0 saturated heterocycles. The first-order valence-corrected chi connectivity index (χ1v) is 9.64. The van der Waals surface area contributed by atoms with Gasteiger partial charge in [0.25, 0.3) is 0 Å². The molecule has 0 aliphatic carbocycles. The van der Waals surface area contributed by atoms with Gasteiger partial charge in [0, 0.05) is 24.3 Å². The Bertz CT molecular complexity index is 1000. The SMILES string of the molecule is CCCCc1ccc(-c2cc(CC3C=NC(c4ccccc4F)=N3)on2)cc1. The molecule has 1 atom stereocenters. The molecule has 0 fully saturated rings. The number of aryl methyl sites for hydroxylation is 1. The first-order valence-electron chi connectivity index (χ1n) is 9.64. The maximum absolute atomic E-state index is 13.9. The van der Waals surface area contributed by atoms with Crippen molar-refractivity contribution < 1.29 is 8.91 Å². The van der Waals surface area contributed by atoms with Gasteiger partial charge in [0.15, 0.2) is 5.84 Å². The standard InChI is InChI=1S/C23H22FN3O/c1-2-3-6-16-9-11-17(12-10-16)22-14-19(28-27-22)13-18-15-25-23(26-18)20-7-4-5-8-21(20)24/h4-5,7-12,14-15,18H,2-3,6,13H2,1H3. The highest BCUT2D eigenvalue weighted by Crippen LogP contribution is 2.22. The normalized spacial score (nSPS) is 15.8. The summed E-state index contributed by atoms with van der Waals surface area (Å²) in [6.45, 7) is 2.20. The Hall–Kier alpha value is -3.08. The molecule has 0 N–H and O–H groups in total. The van der Waals surface area contributed by atoms with Gasteiger partial charge in [-0.2, -0.15) is 0 Å². The molecule has 0 spiro atoms. The quantitative estimate of drug-likeness (QED) is 0.565. The molecule has 4 rings (SSSR count). The van der Waals surface area contributed by atoms with Crippen molar-refractivity contribution in [1.29, 1.82) is 0 Å². The van der Waals surface area contributed by atoms with Crippen molar-refractivity contribution in [3.8, 4) is 11.3 Å². The molecule has 0 saturated carbocycles. The van der Waals surface area contributed by atoms with Crippen LogP contribution in [0.2, 0.25) is 0 Å². The molecule has 0 bridgehead atoms. The summed E-state index contributed by atoms with van der Waals surface area (Å²) >= 11 is 0. The zero-order valence-corrected chi connectivity index (χ0v) is 15.8. The fraction of sp³-hybridized carbons (Fsp3) is 0.261. The molecule has 2 heterocycles. The van der Waals surface area contributed by atoms with Crippen molar-refractivity contribution >= 4 is 12.1 Å². The van der Waals surface area contributed by atoms with E-state index in [4.69, 9.17) is 4.52 Å². The van der Waals surface area contributed by atoms with Gasteiger partial charge in [-0.25, -0.2) is 9.38 Å². The molecular formula is C23H22FN3O. The molecule has 142 valence electrons. The largest absolute Gasteiger partial charge is 0.361 e. The van der Waals surface area contributed by atoms with E-state index in [1.165, 1.54) is 24.5 Å². The van der Waals surface area contributed by atoms with Gasteiger partial charge >= 0.3 is 0 Å². The van der Waals surface area contributed by atoms with Gasteiger partial charge in [-0.15, -0.1) is 0 Å². The number of halogens is 1. The number of unbranched alkanes of at least 4 members (excludes halogenated alkanes) is 1. The van der Waals surface area contributed by atoms with Crippen LogP contribution in [0.15, 0.2) is 69.1 Å². The van der Waals surface area contributed by atoms with Gasteiger partial charge in [-0.1, -0.05) is 54.9 Å². The number of benzene rings is 2. The fourth-order valence-electron chi connectivity index (χ4n) is 3.23. The van der Waals surface area contributed by atoms with Gasteiger partial charge < -0.3 is 4.52 Å². The van der Waals surface area contributed by atoms with Gasteiger partial charge in [-0.05, 0) is 30.5 Å². The average Bonchev–Trinajstić information content (AvgIpc) is 3.37. The Morgan fingerprint density at radius 3 is 2.68 bits per heavy atom. The summed E-state index contributed by atoms with van der Waals surface area (Å²) in [4.78, 5) is 8.77. The molecule has 1 aliphatic rings. The summed E-state index contributed by atoms with van der Waals surface area (Å²) in [5, 5.41) is 4.18. The first-order chi connectivity index (χ1) is 13.7. The van der Waals surface area contributed by atoms with Crippen molar-refractivity contribution in [2.75, 3.05) is 0 Å². The minimum absolute atomic E-state index is 0.174. The molecule has 1 aromatic heterocycles. The van der Waals surface area contributed by atoms with E-state index in [9.17, 15) is 4.39 Å². The lowest BCUT2D eigenvalue weighted by atomic mass is 10.0. The van der Waals surface area contributed by atoms with E-state index in [1.54, 1.807) is 24.4 Å². The molecule has 1 aliphatic heterocycles. The van der Waals surface area contributed by atoms with Crippen molar-refractivity contribution in [3.05, 3.63) is 77.3 Å². The number of hydrogen-bond acceptors (Lipinski definition) is 4. The van der Waals surface area contributed by atoms with E-state index in [1.807, 2.05) is 6.07 Å². The van der Waals surface area contributed by atoms with E-state index in [2.05, 4.69) is 46.3 Å². The number of hydrogen-bond donors (Lipinski definition) is 0. The van der Waals surface area contributed by atoms with Gasteiger partial charge in [-0.3, -0.25) is 4.99 Å². The van der Waals surface area contributed by atoms with E-state index < -0.39 is 0 Å². The molecule has 3 aromatic rings. The second-order valence-electron chi connectivity index (χ2n) is 6.96. The third-order valence-electron chi connectivity index (χ3n) is 4.81. The van der Waals surface area contributed by atoms with E-state index >= 15 is 0 Å². The van der Waals surface area contributed by atoms with E-state index in [0.717, 1.165) is 23.4 Å². The Kier molecular flexibility index (Phi) is 5.42. The topological polar surface area (TPSA) is 50.8 Å². The van der Waals surface area contributed by atoms with Crippen LogP contribution in [0.1, 0.15) is 36.7 Å². The monoisotopic (exact) mass is 375 g/mol. The van der Waals surface area contributed by atoms with Crippen LogP contribution < -0.4 is 0 Å². The predicted octanol–water partition coefficient (Wildman–Crippen LogP) is 5.27. The number of aliphatic imine (C=N–C) groups is 2. The number of amidine groups is 1. The lowest BCUT2D eigenvalue weighted by Gasteiger charge is -2.01. The van der Waals surface area contributed by atoms with Crippen molar-refractivity contribution in [1.82, 2.24) is 5.16 Å². The highest BCUT2D eigenvalue weighted by atomic mass is 19.1. The molecule has 5 heteroatoms. The molecule has 0 radical (unpaired) electrons. The summed E-state index contributed by atoms with van der Waals surface area (Å²) in [7, 11) is 0. The number of nitrogens with zero attached hydrogens (tertiary/aromatic N) is 3. The highest BCUT2D eigenvalue weighted by molar-refractivity contribution is 6.07. The maximum atomic E-state index is 13.9. The van der Waals surface area contributed by atoms with Gasteiger partial charge in [0.05, 0.1) is 11.6 Å². The second-order valence-corrected chi connectivity index (χ2v) is 6.96. The summed E-state index contributed by atoms with van der Waals surface area (Å²) in [6, 6.07) is 16.7. The lowest BCUT2D eigenvalue weighted by molar-refractivity contribution is 0.384. The van der Waals surface area contributed by atoms with Crippen LogP contribution in [0.4, 0.5) is 4.39 Å². The zero-order valence-electron chi connectivity index (χ0n) is 15.8.